The molecule has 5 nitrogen and oxygen atoms in total. The molecule has 1 saturated heterocycles. The third-order valence-corrected chi connectivity index (χ3v) is 7.82. The highest BCUT2D eigenvalue weighted by molar-refractivity contribution is 8.13. The van der Waals surface area contributed by atoms with Gasteiger partial charge in [0.1, 0.15) is 12.4 Å². The Hall–Kier alpha value is -1.31. The number of nitrogens with one attached hydrogen (secondary N) is 1. The lowest BCUT2D eigenvalue weighted by Crippen LogP contribution is -2.30. The molecule has 1 unspecified atom stereocenters. The van der Waals surface area contributed by atoms with Gasteiger partial charge in [-0.1, -0.05) is 18.2 Å². The summed E-state index contributed by atoms with van der Waals surface area (Å²) in [5.74, 6) is 2.90. The number of aliphatic imine (C=N–C) groups is 1. The highest BCUT2D eigenvalue weighted by Gasteiger charge is 2.56. The van der Waals surface area contributed by atoms with Crippen LogP contribution in [-0.4, -0.2) is 47.2 Å². The summed E-state index contributed by atoms with van der Waals surface area (Å²) >= 11 is 6.99. The number of nitrogens with two attached hydrogens (primary N) is 1. The number of fused-ring (bicyclic) bond motifs is 1. The molecule has 1 aromatic rings. The average Bonchev–Trinajstić information content (AvgIpc) is 2.98. The van der Waals surface area contributed by atoms with E-state index >= 15 is 0 Å². The number of likely N-dealkylation sites (tertiary alicyclic amines) is 1. The number of amidine groups is 1. The van der Waals surface area contributed by atoms with Crippen LogP contribution in [0.4, 0.5) is 5.69 Å². The third kappa shape index (κ3) is 4.81. The number of likely N-dealkylation sites (N-methyl/N-ethyl adjacent to an activating group) is 1. The Morgan fingerprint density at radius 1 is 1.36 bits per heavy atom. The number of nitrogens with zero attached hydrogens (tertiary/aromatic N) is 2. The van der Waals surface area contributed by atoms with Crippen molar-refractivity contribution in [3.05, 3.63) is 24.3 Å². The normalized spacial score (nSPS) is 29.5. The molecule has 28 heavy (non-hydrogen) atoms. The van der Waals surface area contributed by atoms with Gasteiger partial charge >= 0.3 is 0 Å². The summed E-state index contributed by atoms with van der Waals surface area (Å²) in [5, 5.41) is 4.10. The van der Waals surface area contributed by atoms with Crippen LogP contribution in [0.15, 0.2) is 29.3 Å². The summed E-state index contributed by atoms with van der Waals surface area (Å²) in [6.07, 6.45) is 7.97. The molecule has 1 aromatic carbocycles. The van der Waals surface area contributed by atoms with Crippen LogP contribution in [0, 0.1) is 11.3 Å². The van der Waals surface area contributed by atoms with E-state index in [2.05, 4.69) is 22.3 Å². The molecule has 0 aromatic heterocycles. The molecule has 3 aliphatic rings. The van der Waals surface area contributed by atoms with E-state index in [1.807, 2.05) is 24.3 Å². The minimum atomic E-state index is 0.405. The van der Waals surface area contributed by atoms with Crippen LogP contribution < -0.4 is 15.8 Å². The summed E-state index contributed by atoms with van der Waals surface area (Å²) in [7, 11) is 2.16. The van der Waals surface area contributed by atoms with E-state index < -0.39 is 0 Å². The number of rotatable bonds is 6. The highest BCUT2D eigenvalue weighted by Crippen LogP contribution is 2.64. The Kier molecular flexibility index (Phi) is 6.13. The summed E-state index contributed by atoms with van der Waals surface area (Å²) in [4.78, 5) is 6.71. The first-order valence-corrected chi connectivity index (χ1v) is 11.6. The quantitative estimate of drug-likeness (QED) is 0.412. The Bertz CT molecular complexity index is 738. The van der Waals surface area contributed by atoms with Gasteiger partial charge in [-0.3, -0.25) is 0 Å². The van der Waals surface area contributed by atoms with Crippen molar-refractivity contribution in [3.63, 3.8) is 0 Å². The second-order valence-corrected chi connectivity index (χ2v) is 9.82. The van der Waals surface area contributed by atoms with Crippen LogP contribution in [0.2, 0.25) is 0 Å². The lowest BCUT2D eigenvalue weighted by Gasteiger charge is -2.19. The van der Waals surface area contributed by atoms with Gasteiger partial charge in [-0.2, -0.15) is 4.99 Å². The number of benzene rings is 1. The van der Waals surface area contributed by atoms with Crippen LogP contribution in [0.25, 0.3) is 0 Å². The third-order valence-electron chi connectivity index (χ3n) is 6.52. The van der Waals surface area contributed by atoms with Gasteiger partial charge < -0.3 is 20.7 Å². The van der Waals surface area contributed by atoms with Gasteiger partial charge in [0.2, 0.25) is 0 Å². The second-order valence-electron chi connectivity index (χ2n) is 8.44. The van der Waals surface area contributed by atoms with Crippen molar-refractivity contribution < 1.29 is 4.74 Å². The maximum absolute atomic E-state index is 6.08. The summed E-state index contributed by atoms with van der Waals surface area (Å²) in [6.45, 7) is 1.90. The molecule has 0 amide bonds. The molecule has 2 saturated carbocycles. The van der Waals surface area contributed by atoms with Gasteiger partial charge in [-0.25, -0.2) is 0 Å². The van der Waals surface area contributed by atoms with E-state index in [1.165, 1.54) is 38.5 Å². The van der Waals surface area contributed by atoms with Crippen LogP contribution >= 0.6 is 24.0 Å². The number of thioether (sulfide) groups is 1. The molecule has 3 fully saturated rings. The summed E-state index contributed by atoms with van der Waals surface area (Å²) < 4.78 is 5.93. The molecular weight excluding hydrogens is 388 g/mol. The molecule has 1 heterocycles. The zero-order chi connectivity index (χ0) is 19.6. The SMILES string of the molecule is CN1CCC[C@H]1COc1ccc(NC(=S)N=C(N)SC[C@@]23CCCC2C3)cc1. The highest BCUT2D eigenvalue weighted by atomic mass is 32.2. The lowest BCUT2D eigenvalue weighted by atomic mass is 10.1. The first-order chi connectivity index (χ1) is 13.5. The molecule has 3 N–H and O–H groups in total. The first-order valence-electron chi connectivity index (χ1n) is 10.3. The minimum Gasteiger partial charge on any atom is -0.492 e. The summed E-state index contributed by atoms with van der Waals surface area (Å²) in [5.41, 5.74) is 7.54. The van der Waals surface area contributed by atoms with Crippen molar-refractivity contribution in [2.24, 2.45) is 22.1 Å². The van der Waals surface area contributed by atoms with Crippen LogP contribution in [0.5, 0.6) is 5.75 Å². The van der Waals surface area contributed by atoms with Crippen LogP contribution in [-0.2, 0) is 0 Å². The maximum atomic E-state index is 6.08. The number of anilines is 1. The van der Waals surface area contributed by atoms with Gasteiger partial charge in [-0.05, 0) is 93.5 Å². The molecule has 2 aliphatic carbocycles. The van der Waals surface area contributed by atoms with E-state index in [0.717, 1.165) is 36.3 Å². The van der Waals surface area contributed by atoms with E-state index in [4.69, 9.17) is 22.7 Å². The fourth-order valence-electron chi connectivity index (χ4n) is 4.61. The van der Waals surface area contributed by atoms with E-state index in [1.54, 1.807) is 11.8 Å². The van der Waals surface area contributed by atoms with Crippen LogP contribution in [0.1, 0.15) is 38.5 Å². The number of hydrogen-bond acceptors (Lipinski definition) is 4. The summed E-state index contributed by atoms with van der Waals surface area (Å²) in [6, 6.07) is 8.38. The van der Waals surface area contributed by atoms with Crippen molar-refractivity contribution in [3.8, 4) is 5.75 Å². The fourth-order valence-corrected chi connectivity index (χ4v) is 5.98. The van der Waals surface area contributed by atoms with E-state index in [9.17, 15) is 0 Å². The molecule has 3 atom stereocenters. The number of ether oxygens (including phenoxy) is 1. The van der Waals surface area contributed by atoms with Gasteiger partial charge in [-0.15, -0.1) is 0 Å². The second kappa shape index (κ2) is 8.59. The fraction of sp³-hybridized carbons (Fsp3) is 0.619. The van der Waals surface area contributed by atoms with Crippen molar-refractivity contribution >= 4 is 39.9 Å². The monoisotopic (exact) mass is 418 g/mol. The van der Waals surface area contributed by atoms with Crippen molar-refractivity contribution in [2.45, 2.75) is 44.6 Å². The molecule has 0 radical (unpaired) electrons. The van der Waals surface area contributed by atoms with Gasteiger partial charge in [0.25, 0.3) is 0 Å². The molecular formula is C21H30N4OS2. The largest absolute Gasteiger partial charge is 0.492 e. The maximum Gasteiger partial charge on any atom is 0.199 e. The number of hydrogen-bond donors (Lipinski definition) is 2. The lowest BCUT2D eigenvalue weighted by molar-refractivity contribution is 0.198. The zero-order valence-electron chi connectivity index (χ0n) is 16.5. The first kappa shape index (κ1) is 20.0. The molecule has 4 rings (SSSR count). The zero-order valence-corrected chi connectivity index (χ0v) is 18.2. The molecule has 0 bridgehead atoms. The standard InChI is InChI=1S/C21H30N4OS2/c1-25-11-3-5-17(25)13-26-18-8-6-16(7-9-18)23-20(27)24-19(22)28-14-21-10-2-4-15(21)12-21/h6-9,15,17H,2-5,10-14H2,1H3,(H3,22,23,24,27)/t15?,17-,21-/m0/s1. The van der Waals surface area contributed by atoms with Crippen molar-refractivity contribution in [1.82, 2.24) is 4.90 Å². The average molecular weight is 419 g/mol. The van der Waals surface area contributed by atoms with Crippen molar-refractivity contribution in [1.29, 1.82) is 0 Å². The van der Waals surface area contributed by atoms with E-state index in [-0.39, 0.29) is 0 Å². The van der Waals surface area contributed by atoms with Crippen molar-refractivity contribution in [2.75, 3.05) is 31.3 Å². The molecule has 7 heteroatoms. The Labute approximate surface area is 177 Å². The van der Waals surface area contributed by atoms with Crippen LogP contribution in [0.3, 0.4) is 0 Å². The molecule has 152 valence electrons. The number of thiocarbonyl (C=S) groups is 1. The Morgan fingerprint density at radius 2 is 2.18 bits per heavy atom. The molecule has 0 spiro atoms. The van der Waals surface area contributed by atoms with E-state index in [0.29, 0.717) is 21.7 Å². The molecule has 1 aliphatic heterocycles. The Balaban J connectivity index is 1.21. The van der Waals surface area contributed by atoms with Gasteiger partial charge in [0.05, 0.1) is 0 Å². The minimum absolute atomic E-state index is 0.405. The topological polar surface area (TPSA) is 62.9 Å². The Morgan fingerprint density at radius 3 is 2.82 bits per heavy atom. The predicted octanol–water partition coefficient (Wildman–Crippen LogP) is 4.09. The van der Waals surface area contributed by atoms with Gasteiger partial charge in [0, 0.05) is 17.5 Å². The smallest absolute Gasteiger partial charge is 0.199 e. The predicted molar refractivity (Wildman–Crippen MR) is 122 cm³/mol. The van der Waals surface area contributed by atoms with Gasteiger partial charge in [0.15, 0.2) is 10.3 Å².